The first-order chi connectivity index (χ1) is 8.18. The summed E-state index contributed by atoms with van der Waals surface area (Å²) < 4.78 is 4.96. The number of rotatable bonds is 8. The van der Waals surface area contributed by atoms with E-state index in [0.717, 1.165) is 12.3 Å². The van der Waals surface area contributed by atoms with Crippen LogP contribution in [0.3, 0.4) is 0 Å². The van der Waals surface area contributed by atoms with Gasteiger partial charge in [0, 0.05) is 6.92 Å². The smallest absolute Gasteiger partial charge is 0.302 e. The highest BCUT2D eigenvalue weighted by Crippen LogP contribution is 2.29. The monoisotopic (exact) mass is 240 g/mol. The van der Waals surface area contributed by atoms with Gasteiger partial charge in [-0.1, -0.05) is 58.3 Å². The average molecular weight is 240 g/mol. The van der Waals surface area contributed by atoms with E-state index in [1.54, 1.807) is 0 Å². The van der Waals surface area contributed by atoms with Crippen LogP contribution in [0, 0.1) is 11.8 Å². The molecule has 100 valence electrons. The first kappa shape index (κ1) is 14.5. The van der Waals surface area contributed by atoms with Crippen molar-refractivity contribution in [1.82, 2.24) is 0 Å². The Hall–Kier alpha value is -0.530. The van der Waals surface area contributed by atoms with Gasteiger partial charge in [0.15, 0.2) is 0 Å². The number of unbranched alkanes of at least 4 members (excludes halogenated alkanes) is 1. The van der Waals surface area contributed by atoms with Gasteiger partial charge < -0.3 is 4.74 Å². The molecule has 0 amide bonds. The maximum absolute atomic E-state index is 10.6. The summed E-state index contributed by atoms with van der Waals surface area (Å²) >= 11 is 0. The Morgan fingerprint density at radius 3 is 2.59 bits per heavy atom. The topological polar surface area (TPSA) is 26.3 Å². The van der Waals surface area contributed by atoms with Crippen LogP contribution in [0.15, 0.2) is 0 Å². The zero-order valence-electron chi connectivity index (χ0n) is 11.5. The Bertz CT molecular complexity index is 207. The van der Waals surface area contributed by atoms with Crippen molar-refractivity contribution >= 4 is 5.97 Å². The second-order valence-corrected chi connectivity index (χ2v) is 5.67. The molecular formula is C15H28O2. The van der Waals surface area contributed by atoms with E-state index in [4.69, 9.17) is 4.74 Å². The van der Waals surface area contributed by atoms with Crippen molar-refractivity contribution in [1.29, 1.82) is 0 Å². The number of hydrogen-bond acceptors (Lipinski definition) is 2. The Morgan fingerprint density at radius 2 is 1.94 bits per heavy atom. The zero-order chi connectivity index (χ0) is 12.5. The summed E-state index contributed by atoms with van der Waals surface area (Å²) in [7, 11) is 0. The average Bonchev–Trinajstić information content (AvgIpc) is 2.76. The third-order valence-corrected chi connectivity index (χ3v) is 3.95. The van der Waals surface area contributed by atoms with Crippen molar-refractivity contribution < 1.29 is 9.53 Å². The summed E-state index contributed by atoms with van der Waals surface area (Å²) in [5, 5.41) is 0. The van der Waals surface area contributed by atoms with Crippen LogP contribution in [0.5, 0.6) is 0 Å². The highest BCUT2D eigenvalue weighted by Gasteiger charge is 2.14. The van der Waals surface area contributed by atoms with Crippen LogP contribution in [0.1, 0.15) is 71.6 Å². The molecule has 0 aromatic heterocycles. The molecule has 0 unspecified atom stereocenters. The Labute approximate surface area is 106 Å². The molecule has 0 aromatic carbocycles. The van der Waals surface area contributed by atoms with E-state index in [9.17, 15) is 4.79 Å². The second-order valence-electron chi connectivity index (χ2n) is 5.67. The van der Waals surface area contributed by atoms with Crippen LogP contribution in [0.25, 0.3) is 0 Å². The molecule has 17 heavy (non-hydrogen) atoms. The van der Waals surface area contributed by atoms with Gasteiger partial charge in [0.2, 0.25) is 0 Å². The second kappa shape index (κ2) is 8.54. The Morgan fingerprint density at radius 1 is 1.24 bits per heavy atom. The quantitative estimate of drug-likeness (QED) is 0.466. The third kappa shape index (κ3) is 7.40. The van der Waals surface area contributed by atoms with Crippen LogP contribution >= 0.6 is 0 Å². The fourth-order valence-corrected chi connectivity index (χ4v) is 2.77. The zero-order valence-corrected chi connectivity index (χ0v) is 11.5. The third-order valence-electron chi connectivity index (χ3n) is 3.95. The number of ether oxygens (including phenoxy) is 1. The summed E-state index contributed by atoms with van der Waals surface area (Å²) in [5.74, 6) is 1.57. The van der Waals surface area contributed by atoms with E-state index in [-0.39, 0.29) is 5.97 Å². The standard InChI is InChI=1S/C15H28O2/c1-13(11-12-17-14(2)16)7-3-4-8-15-9-5-6-10-15/h13,15H,3-12H2,1-2H3/t13-/m1/s1. The first-order valence-corrected chi connectivity index (χ1v) is 7.32. The minimum absolute atomic E-state index is 0.154. The molecule has 0 heterocycles. The SMILES string of the molecule is CC(=O)OCC[C@H](C)CCCCC1CCCC1. The van der Waals surface area contributed by atoms with Gasteiger partial charge in [0.25, 0.3) is 0 Å². The molecule has 1 aliphatic rings. The summed E-state index contributed by atoms with van der Waals surface area (Å²) in [6.45, 7) is 4.34. The van der Waals surface area contributed by atoms with Crippen LogP contribution in [-0.2, 0) is 9.53 Å². The number of hydrogen-bond donors (Lipinski definition) is 0. The number of esters is 1. The van der Waals surface area contributed by atoms with Crippen molar-refractivity contribution in [2.45, 2.75) is 71.6 Å². The maximum Gasteiger partial charge on any atom is 0.302 e. The molecule has 0 bridgehead atoms. The van der Waals surface area contributed by atoms with E-state index < -0.39 is 0 Å². The lowest BCUT2D eigenvalue weighted by Crippen LogP contribution is -2.05. The highest BCUT2D eigenvalue weighted by atomic mass is 16.5. The van der Waals surface area contributed by atoms with Gasteiger partial charge in [0.1, 0.15) is 0 Å². The number of carbonyl (C=O) groups is 1. The van der Waals surface area contributed by atoms with Crippen LogP contribution in [-0.4, -0.2) is 12.6 Å². The largest absolute Gasteiger partial charge is 0.466 e. The molecule has 1 saturated carbocycles. The molecule has 0 aromatic rings. The molecular weight excluding hydrogens is 212 g/mol. The molecule has 0 N–H and O–H groups in total. The molecule has 0 spiro atoms. The summed E-state index contributed by atoms with van der Waals surface area (Å²) in [4.78, 5) is 10.6. The highest BCUT2D eigenvalue weighted by molar-refractivity contribution is 5.65. The van der Waals surface area contributed by atoms with Crippen molar-refractivity contribution in [2.24, 2.45) is 11.8 Å². The minimum atomic E-state index is -0.154. The fraction of sp³-hybridized carbons (Fsp3) is 0.933. The van der Waals surface area contributed by atoms with Crippen molar-refractivity contribution in [3.63, 3.8) is 0 Å². The summed E-state index contributed by atoms with van der Waals surface area (Å²) in [6.07, 6.45) is 12.4. The maximum atomic E-state index is 10.6. The van der Waals surface area contributed by atoms with Gasteiger partial charge in [-0.25, -0.2) is 0 Å². The van der Waals surface area contributed by atoms with E-state index in [1.165, 1.54) is 58.3 Å². The van der Waals surface area contributed by atoms with Gasteiger partial charge >= 0.3 is 5.97 Å². The van der Waals surface area contributed by atoms with Crippen LogP contribution in [0.2, 0.25) is 0 Å². The van der Waals surface area contributed by atoms with E-state index in [1.807, 2.05) is 0 Å². The molecule has 1 fully saturated rings. The predicted molar refractivity (Wildman–Crippen MR) is 70.8 cm³/mol. The predicted octanol–water partition coefficient (Wildman–Crippen LogP) is 4.33. The van der Waals surface area contributed by atoms with Crippen molar-refractivity contribution in [3.05, 3.63) is 0 Å². The number of carbonyl (C=O) groups excluding carboxylic acids is 1. The van der Waals surface area contributed by atoms with Gasteiger partial charge in [0.05, 0.1) is 6.61 Å². The normalized spacial score (nSPS) is 18.2. The fourth-order valence-electron chi connectivity index (χ4n) is 2.77. The Balaban J connectivity index is 1.88. The molecule has 1 rings (SSSR count). The van der Waals surface area contributed by atoms with E-state index in [0.29, 0.717) is 12.5 Å². The van der Waals surface area contributed by atoms with Gasteiger partial charge in [-0.15, -0.1) is 0 Å². The van der Waals surface area contributed by atoms with Gasteiger partial charge in [-0.05, 0) is 18.3 Å². The van der Waals surface area contributed by atoms with E-state index in [2.05, 4.69) is 6.92 Å². The molecule has 2 heteroatoms. The molecule has 0 radical (unpaired) electrons. The lowest BCUT2D eigenvalue weighted by molar-refractivity contribution is -0.141. The lowest BCUT2D eigenvalue weighted by atomic mass is 9.96. The van der Waals surface area contributed by atoms with Crippen LogP contribution in [0.4, 0.5) is 0 Å². The van der Waals surface area contributed by atoms with Gasteiger partial charge in [-0.2, -0.15) is 0 Å². The first-order valence-electron chi connectivity index (χ1n) is 7.32. The minimum Gasteiger partial charge on any atom is -0.466 e. The van der Waals surface area contributed by atoms with Crippen molar-refractivity contribution in [2.75, 3.05) is 6.61 Å². The van der Waals surface area contributed by atoms with Crippen molar-refractivity contribution in [3.8, 4) is 0 Å². The molecule has 1 aliphatic carbocycles. The molecule has 2 nitrogen and oxygen atoms in total. The van der Waals surface area contributed by atoms with Crippen LogP contribution < -0.4 is 0 Å². The Kier molecular flexibility index (Phi) is 7.30. The lowest BCUT2D eigenvalue weighted by Gasteiger charge is -2.12. The van der Waals surface area contributed by atoms with E-state index >= 15 is 0 Å². The summed E-state index contributed by atoms with van der Waals surface area (Å²) in [5.41, 5.74) is 0. The van der Waals surface area contributed by atoms with Gasteiger partial charge in [-0.3, -0.25) is 4.79 Å². The molecule has 0 aliphatic heterocycles. The summed E-state index contributed by atoms with van der Waals surface area (Å²) in [6, 6.07) is 0. The molecule has 0 saturated heterocycles. The molecule has 1 atom stereocenters.